The summed E-state index contributed by atoms with van der Waals surface area (Å²) >= 11 is 0. The van der Waals surface area contributed by atoms with E-state index in [0.717, 1.165) is 50.1 Å². The average molecular weight is 690 g/mol. The van der Waals surface area contributed by atoms with Crippen LogP contribution in [0.1, 0.15) is 0 Å². The van der Waals surface area contributed by atoms with Crippen molar-refractivity contribution in [2.45, 2.75) is 0 Å². The number of nitrogens with zero attached hydrogens (tertiary/aromatic N) is 1. The molecule has 0 N–H and O–H groups in total. The average Bonchev–Trinajstić information content (AvgIpc) is 3.63. The lowest BCUT2D eigenvalue weighted by Gasteiger charge is -2.27. The maximum Gasteiger partial charge on any atom is 0.135 e. The van der Waals surface area contributed by atoms with E-state index in [0.29, 0.717) is 0 Å². The third-order valence-corrected chi connectivity index (χ3v) is 10.5. The summed E-state index contributed by atoms with van der Waals surface area (Å²) in [6.07, 6.45) is 0. The van der Waals surface area contributed by atoms with E-state index in [1.54, 1.807) is 0 Å². The number of fused-ring (bicyclic) bond motifs is 4. The molecule has 0 amide bonds. The number of rotatable bonds is 7. The molecule has 0 aliphatic rings. The number of para-hydroxylation sites is 1. The van der Waals surface area contributed by atoms with E-state index in [1.807, 2.05) is 12.1 Å². The van der Waals surface area contributed by atoms with Gasteiger partial charge in [0.2, 0.25) is 0 Å². The summed E-state index contributed by atoms with van der Waals surface area (Å²) in [5, 5.41) is 4.66. The van der Waals surface area contributed by atoms with Gasteiger partial charge in [-0.3, -0.25) is 0 Å². The Balaban J connectivity index is 1.08. The standard InChI is InChI=1S/C52H35NO/c1-3-13-37(14-4-1)45-31-27-41(34-48(45)39-15-5-2-6-16-39)36-25-29-43(30-26-36)53(50-23-12-18-38-17-7-8-21-46(38)50)44-20-11-19-40(33-44)42-28-32-52-49(35-42)47-22-9-10-24-51(47)54-52/h1-35H. The number of benzene rings is 9. The van der Waals surface area contributed by atoms with Crippen molar-refractivity contribution in [3.63, 3.8) is 0 Å². The molecule has 0 unspecified atom stereocenters. The fraction of sp³-hybridized carbons (Fsp3) is 0. The molecule has 2 heteroatoms. The van der Waals surface area contributed by atoms with Crippen molar-refractivity contribution in [1.29, 1.82) is 0 Å². The predicted molar refractivity (Wildman–Crippen MR) is 228 cm³/mol. The first kappa shape index (κ1) is 31.6. The Bertz CT molecular complexity index is 2920. The lowest BCUT2D eigenvalue weighted by atomic mass is 9.91. The minimum absolute atomic E-state index is 0.902. The summed E-state index contributed by atoms with van der Waals surface area (Å²) in [4.78, 5) is 2.38. The normalized spacial score (nSPS) is 11.3. The second-order valence-corrected chi connectivity index (χ2v) is 13.7. The van der Waals surface area contributed by atoms with Gasteiger partial charge < -0.3 is 9.32 Å². The Morgan fingerprint density at radius 2 is 0.870 bits per heavy atom. The SMILES string of the molecule is c1ccc(-c2ccc(-c3ccc(N(c4cccc(-c5ccc6oc7ccccc7c6c5)c4)c4cccc5ccccc45)cc3)cc2-c2ccccc2)cc1. The van der Waals surface area contributed by atoms with Crippen LogP contribution in [0.2, 0.25) is 0 Å². The van der Waals surface area contributed by atoms with E-state index in [4.69, 9.17) is 4.42 Å². The fourth-order valence-corrected chi connectivity index (χ4v) is 7.81. The van der Waals surface area contributed by atoms with Gasteiger partial charge in [0.1, 0.15) is 11.2 Å². The number of hydrogen-bond donors (Lipinski definition) is 0. The highest BCUT2D eigenvalue weighted by Gasteiger charge is 2.18. The number of hydrogen-bond acceptors (Lipinski definition) is 2. The molecule has 0 aliphatic carbocycles. The van der Waals surface area contributed by atoms with Crippen LogP contribution in [0, 0.1) is 0 Å². The zero-order valence-corrected chi connectivity index (χ0v) is 29.6. The second-order valence-electron chi connectivity index (χ2n) is 13.7. The number of furan rings is 1. The molecule has 1 heterocycles. The quantitative estimate of drug-likeness (QED) is 0.166. The van der Waals surface area contributed by atoms with E-state index >= 15 is 0 Å². The first-order valence-corrected chi connectivity index (χ1v) is 18.4. The van der Waals surface area contributed by atoms with Crippen LogP contribution in [0.4, 0.5) is 17.1 Å². The Hall–Kier alpha value is -7.16. The predicted octanol–water partition coefficient (Wildman–Crippen LogP) is 14.9. The third-order valence-electron chi connectivity index (χ3n) is 10.5. The van der Waals surface area contributed by atoms with E-state index in [1.165, 1.54) is 44.2 Å². The first-order chi connectivity index (χ1) is 26.8. The van der Waals surface area contributed by atoms with Crippen LogP contribution in [0.5, 0.6) is 0 Å². The Morgan fingerprint density at radius 1 is 0.296 bits per heavy atom. The van der Waals surface area contributed by atoms with Gasteiger partial charge in [-0.25, -0.2) is 0 Å². The largest absolute Gasteiger partial charge is 0.456 e. The molecule has 0 spiro atoms. The Labute approximate surface area is 314 Å². The van der Waals surface area contributed by atoms with Gasteiger partial charge in [-0.15, -0.1) is 0 Å². The molecule has 0 atom stereocenters. The topological polar surface area (TPSA) is 16.4 Å². The van der Waals surface area contributed by atoms with E-state index in [-0.39, 0.29) is 0 Å². The van der Waals surface area contributed by atoms with Gasteiger partial charge in [0, 0.05) is 27.5 Å². The van der Waals surface area contributed by atoms with Crippen LogP contribution in [-0.2, 0) is 0 Å². The summed E-state index contributed by atoms with van der Waals surface area (Å²) in [5.41, 5.74) is 14.6. The van der Waals surface area contributed by atoms with E-state index in [9.17, 15) is 0 Å². The summed E-state index contributed by atoms with van der Waals surface area (Å²) < 4.78 is 6.15. The Morgan fingerprint density at radius 3 is 1.69 bits per heavy atom. The van der Waals surface area contributed by atoms with E-state index < -0.39 is 0 Å². The molecule has 0 bridgehead atoms. The smallest absolute Gasteiger partial charge is 0.135 e. The summed E-state index contributed by atoms with van der Waals surface area (Å²) in [6, 6.07) is 76.0. The summed E-state index contributed by atoms with van der Waals surface area (Å²) in [6.45, 7) is 0. The van der Waals surface area contributed by atoms with E-state index in [2.05, 4.69) is 205 Å². The van der Waals surface area contributed by atoms with Crippen LogP contribution in [0.15, 0.2) is 217 Å². The molecular weight excluding hydrogens is 655 g/mol. The van der Waals surface area contributed by atoms with Gasteiger partial charge in [-0.1, -0.05) is 158 Å². The van der Waals surface area contributed by atoms with Gasteiger partial charge in [-0.05, 0) is 104 Å². The molecule has 0 aliphatic heterocycles. The van der Waals surface area contributed by atoms with Crippen LogP contribution >= 0.6 is 0 Å². The van der Waals surface area contributed by atoms with Crippen LogP contribution in [-0.4, -0.2) is 0 Å². The van der Waals surface area contributed by atoms with Crippen LogP contribution in [0.3, 0.4) is 0 Å². The maximum absolute atomic E-state index is 6.15. The zero-order valence-electron chi connectivity index (χ0n) is 29.6. The lowest BCUT2D eigenvalue weighted by Crippen LogP contribution is -2.10. The molecule has 10 aromatic rings. The number of anilines is 3. The van der Waals surface area contributed by atoms with Crippen molar-refractivity contribution in [2.75, 3.05) is 4.90 Å². The monoisotopic (exact) mass is 689 g/mol. The molecule has 0 saturated carbocycles. The van der Waals surface area contributed by atoms with Crippen molar-refractivity contribution in [2.24, 2.45) is 0 Å². The minimum atomic E-state index is 0.902. The molecule has 10 rings (SSSR count). The summed E-state index contributed by atoms with van der Waals surface area (Å²) in [5.74, 6) is 0. The minimum Gasteiger partial charge on any atom is -0.456 e. The molecule has 2 nitrogen and oxygen atoms in total. The first-order valence-electron chi connectivity index (χ1n) is 18.4. The highest BCUT2D eigenvalue weighted by atomic mass is 16.3. The molecule has 254 valence electrons. The highest BCUT2D eigenvalue weighted by molar-refractivity contribution is 6.06. The van der Waals surface area contributed by atoms with Crippen LogP contribution < -0.4 is 4.90 Å². The van der Waals surface area contributed by atoms with Crippen molar-refractivity contribution in [3.8, 4) is 44.5 Å². The molecule has 9 aromatic carbocycles. The molecule has 0 saturated heterocycles. The third kappa shape index (κ3) is 5.71. The maximum atomic E-state index is 6.15. The van der Waals surface area contributed by atoms with Crippen molar-refractivity contribution in [3.05, 3.63) is 212 Å². The second kappa shape index (κ2) is 13.4. The molecule has 0 radical (unpaired) electrons. The van der Waals surface area contributed by atoms with Gasteiger partial charge >= 0.3 is 0 Å². The molecule has 54 heavy (non-hydrogen) atoms. The molecule has 0 fully saturated rings. The lowest BCUT2D eigenvalue weighted by molar-refractivity contribution is 0.669. The molecular formula is C52H35NO. The van der Waals surface area contributed by atoms with Gasteiger partial charge in [0.15, 0.2) is 0 Å². The fourth-order valence-electron chi connectivity index (χ4n) is 7.81. The zero-order chi connectivity index (χ0) is 35.8. The highest BCUT2D eigenvalue weighted by Crippen LogP contribution is 2.42. The van der Waals surface area contributed by atoms with Gasteiger partial charge in [-0.2, -0.15) is 0 Å². The van der Waals surface area contributed by atoms with Crippen molar-refractivity contribution < 1.29 is 4.42 Å². The van der Waals surface area contributed by atoms with Crippen LogP contribution in [0.25, 0.3) is 77.2 Å². The Kier molecular flexibility index (Phi) is 7.85. The summed E-state index contributed by atoms with van der Waals surface area (Å²) in [7, 11) is 0. The van der Waals surface area contributed by atoms with Gasteiger partial charge in [0.25, 0.3) is 0 Å². The van der Waals surface area contributed by atoms with Gasteiger partial charge in [0.05, 0.1) is 5.69 Å². The van der Waals surface area contributed by atoms with Crippen molar-refractivity contribution >= 4 is 49.8 Å². The molecule has 1 aromatic heterocycles. The van der Waals surface area contributed by atoms with Crippen molar-refractivity contribution in [1.82, 2.24) is 0 Å².